The van der Waals surface area contributed by atoms with Gasteiger partial charge in [-0.25, -0.2) is 0 Å². The molecule has 0 aromatic heterocycles. The number of carbonyl (C=O) groups is 1. The second-order valence-corrected chi connectivity index (χ2v) is 3.68. The van der Waals surface area contributed by atoms with Crippen LogP contribution in [0.3, 0.4) is 0 Å². The summed E-state index contributed by atoms with van der Waals surface area (Å²) in [7, 11) is 1.63. The van der Waals surface area contributed by atoms with Crippen LogP contribution in [0.2, 0.25) is 0 Å². The summed E-state index contributed by atoms with van der Waals surface area (Å²) >= 11 is 0. The number of nitrogens with two attached hydrogens (primary N) is 1. The van der Waals surface area contributed by atoms with Crippen molar-refractivity contribution in [1.29, 1.82) is 0 Å². The molecule has 108 valence electrons. The molecule has 0 aliphatic heterocycles. The highest BCUT2D eigenvalue weighted by Crippen LogP contribution is 1.96. The summed E-state index contributed by atoms with van der Waals surface area (Å²) < 4.78 is 20.2. The van der Waals surface area contributed by atoms with E-state index in [0.717, 1.165) is 12.8 Å². The van der Waals surface area contributed by atoms with E-state index in [1.54, 1.807) is 7.11 Å². The molecule has 0 rings (SSSR count). The normalized spacial score (nSPS) is 10.6. The van der Waals surface area contributed by atoms with E-state index in [4.69, 9.17) is 24.7 Å². The van der Waals surface area contributed by atoms with E-state index >= 15 is 0 Å². The lowest BCUT2D eigenvalue weighted by Crippen LogP contribution is -2.13. The maximum absolute atomic E-state index is 11.2. The quantitative estimate of drug-likeness (QED) is 0.381. The smallest absolute Gasteiger partial charge is 0.305 e. The highest BCUT2D eigenvalue weighted by molar-refractivity contribution is 5.69. The first-order valence-electron chi connectivity index (χ1n) is 6.31. The number of ether oxygens (including phenoxy) is 4. The Balaban J connectivity index is 3.08. The molecule has 6 heteroatoms. The molecule has 18 heavy (non-hydrogen) atoms. The lowest BCUT2D eigenvalue weighted by Gasteiger charge is -2.06. The van der Waals surface area contributed by atoms with Crippen molar-refractivity contribution >= 4 is 5.97 Å². The molecule has 0 radical (unpaired) electrons. The van der Waals surface area contributed by atoms with E-state index in [2.05, 4.69) is 0 Å². The standard InChI is InChI=1S/C12H25NO5/c1-15-6-7-16-8-9-17-10-11-18-12(14)4-2-3-5-13/h2-11,13H2,1H3. The van der Waals surface area contributed by atoms with Crippen molar-refractivity contribution in [2.75, 3.05) is 53.3 Å². The van der Waals surface area contributed by atoms with Crippen molar-refractivity contribution in [2.45, 2.75) is 19.3 Å². The summed E-state index contributed by atoms with van der Waals surface area (Å²) in [5.41, 5.74) is 5.32. The second-order valence-electron chi connectivity index (χ2n) is 3.68. The highest BCUT2D eigenvalue weighted by Gasteiger charge is 2.01. The fourth-order valence-corrected chi connectivity index (χ4v) is 1.16. The van der Waals surface area contributed by atoms with Crippen molar-refractivity contribution in [1.82, 2.24) is 0 Å². The number of rotatable bonds is 13. The Morgan fingerprint density at radius 2 is 1.56 bits per heavy atom. The molecule has 0 spiro atoms. The third-order valence-electron chi connectivity index (χ3n) is 2.13. The Kier molecular flexibility index (Phi) is 13.8. The number of carbonyl (C=O) groups excluding carboxylic acids is 1. The van der Waals surface area contributed by atoms with Crippen LogP contribution in [0.25, 0.3) is 0 Å². The Morgan fingerprint density at radius 3 is 2.17 bits per heavy atom. The van der Waals surface area contributed by atoms with Crippen molar-refractivity contribution in [2.24, 2.45) is 5.73 Å². The number of hydrogen-bond donors (Lipinski definition) is 1. The van der Waals surface area contributed by atoms with Gasteiger partial charge in [0, 0.05) is 13.5 Å². The van der Waals surface area contributed by atoms with Gasteiger partial charge in [0.05, 0.1) is 33.0 Å². The van der Waals surface area contributed by atoms with Gasteiger partial charge in [-0.1, -0.05) is 0 Å². The molecular formula is C12H25NO5. The summed E-state index contributed by atoms with van der Waals surface area (Å²) in [6.07, 6.45) is 2.06. The fraction of sp³-hybridized carbons (Fsp3) is 0.917. The first-order valence-corrected chi connectivity index (χ1v) is 6.31. The monoisotopic (exact) mass is 263 g/mol. The topological polar surface area (TPSA) is 80.0 Å². The van der Waals surface area contributed by atoms with Crippen LogP contribution in [0.15, 0.2) is 0 Å². The van der Waals surface area contributed by atoms with Gasteiger partial charge in [0.15, 0.2) is 0 Å². The van der Waals surface area contributed by atoms with Gasteiger partial charge in [0.2, 0.25) is 0 Å². The van der Waals surface area contributed by atoms with E-state index in [0.29, 0.717) is 52.6 Å². The minimum atomic E-state index is -0.191. The summed E-state index contributed by atoms with van der Waals surface area (Å²) in [6.45, 7) is 3.47. The first-order chi connectivity index (χ1) is 8.81. The fourth-order valence-electron chi connectivity index (χ4n) is 1.16. The predicted octanol–water partition coefficient (Wildman–Crippen LogP) is 0.338. The van der Waals surface area contributed by atoms with Crippen molar-refractivity contribution in [3.05, 3.63) is 0 Å². The van der Waals surface area contributed by atoms with Crippen LogP contribution in [-0.4, -0.2) is 59.3 Å². The number of hydrogen-bond acceptors (Lipinski definition) is 6. The molecule has 2 N–H and O–H groups in total. The lowest BCUT2D eigenvalue weighted by molar-refractivity contribution is -0.145. The van der Waals surface area contributed by atoms with E-state index < -0.39 is 0 Å². The van der Waals surface area contributed by atoms with Crippen LogP contribution in [-0.2, 0) is 23.7 Å². The third kappa shape index (κ3) is 13.4. The van der Waals surface area contributed by atoms with Gasteiger partial charge in [-0.15, -0.1) is 0 Å². The maximum atomic E-state index is 11.2. The summed E-state index contributed by atoms with van der Waals surface area (Å²) in [4.78, 5) is 11.2. The Hall–Kier alpha value is -0.690. The molecule has 0 aromatic carbocycles. The summed E-state index contributed by atoms with van der Waals surface area (Å²) in [5, 5.41) is 0. The average molecular weight is 263 g/mol. The van der Waals surface area contributed by atoms with Gasteiger partial charge >= 0.3 is 5.97 Å². The van der Waals surface area contributed by atoms with E-state index in [1.165, 1.54) is 0 Å². The Morgan fingerprint density at radius 1 is 0.944 bits per heavy atom. The average Bonchev–Trinajstić information content (AvgIpc) is 2.37. The largest absolute Gasteiger partial charge is 0.463 e. The molecule has 0 saturated heterocycles. The van der Waals surface area contributed by atoms with Gasteiger partial charge < -0.3 is 24.7 Å². The van der Waals surface area contributed by atoms with Crippen LogP contribution in [0.4, 0.5) is 0 Å². The third-order valence-corrected chi connectivity index (χ3v) is 2.13. The van der Waals surface area contributed by atoms with Gasteiger partial charge in [-0.3, -0.25) is 4.79 Å². The number of unbranched alkanes of at least 4 members (excludes halogenated alkanes) is 1. The molecule has 0 bridgehead atoms. The van der Waals surface area contributed by atoms with Gasteiger partial charge in [0.1, 0.15) is 6.61 Å². The molecule has 0 aromatic rings. The van der Waals surface area contributed by atoms with Crippen LogP contribution in [0.1, 0.15) is 19.3 Å². The van der Waals surface area contributed by atoms with Gasteiger partial charge in [0.25, 0.3) is 0 Å². The molecule has 0 saturated carbocycles. The summed E-state index contributed by atoms with van der Waals surface area (Å²) in [5.74, 6) is -0.191. The maximum Gasteiger partial charge on any atom is 0.305 e. The first kappa shape index (κ1) is 17.3. The van der Waals surface area contributed by atoms with Crippen LogP contribution < -0.4 is 5.73 Å². The molecule has 0 heterocycles. The lowest BCUT2D eigenvalue weighted by atomic mass is 10.2. The molecule has 0 aliphatic rings. The van der Waals surface area contributed by atoms with Crippen molar-refractivity contribution < 1.29 is 23.7 Å². The Bertz CT molecular complexity index is 189. The molecule has 6 nitrogen and oxygen atoms in total. The van der Waals surface area contributed by atoms with Crippen molar-refractivity contribution in [3.8, 4) is 0 Å². The molecule has 0 atom stereocenters. The van der Waals surface area contributed by atoms with Gasteiger partial charge in [-0.2, -0.15) is 0 Å². The highest BCUT2D eigenvalue weighted by atomic mass is 16.6. The minimum Gasteiger partial charge on any atom is -0.463 e. The zero-order valence-corrected chi connectivity index (χ0v) is 11.2. The summed E-state index contributed by atoms with van der Waals surface area (Å²) in [6, 6.07) is 0. The molecule has 0 aliphatic carbocycles. The van der Waals surface area contributed by atoms with E-state index in [-0.39, 0.29) is 5.97 Å². The SMILES string of the molecule is COCCOCCOCCOC(=O)CCCCN. The second kappa shape index (κ2) is 14.4. The predicted molar refractivity (Wildman–Crippen MR) is 67.4 cm³/mol. The Labute approximate surface area is 109 Å². The van der Waals surface area contributed by atoms with Gasteiger partial charge in [-0.05, 0) is 19.4 Å². The zero-order chi connectivity index (χ0) is 13.5. The zero-order valence-electron chi connectivity index (χ0n) is 11.2. The van der Waals surface area contributed by atoms with E-state index in [1.807, 2.05) is 0 Å². The molecular weight excluding hydrogens is 238 g/mol. The molecule has 0 unspecified atom stereocenters. The number of esters is 1. The molecule has 0 fully saturated rings. The van der Waals surface area contributed by atoms with E-state index in [9.17, 15) is 4.79 Å². The van der Waals surface area contributed by atoms with Crippen LogP contribution in [0.5, 0.6) is 0 Å². The number of methoxy groups -OCH3 is 1. The molecule has 0 amide bonds. The minimum absolute atomic E-state index is 0.191. The van der Waals surface area contributed by atoms with Crippen LogP contribution in [0, 0.1) is 0 Å². The van der Waals surface area contributed by atoms with Crippen LogP contribution >= 0.6 is 0 Å². The van der Waals surface area contributed by atoms with Crippen molar-refractivity contribution in [3.63, 3.8) is 0 Å².